The predicted molar refractivity (Wildman–Crippen MR) is 102 cm³/mol. The summed E-state index contributed by atoms with van der Waals surface area (Å²) in [6, 6.07) is 4.01. The summed E-state index contributed by atoms with van der Waals surface area (Å²) in [5.74, 6) is 0. The molecule has 1 aromatic carbocycles. The Balaban J connectivity index is -0.0000000504. The largest absolute Gasteiger partial charge is 0.147 e. The van der Waals surface area contributed by atoms with Gasteiger partial charge in [0.1, 0.15) is 0 Å². The van der Waals surface area contributed by atoms with Gasteiger partial charge >= 0.3 is 106 Å². The van der Waals surface area contributed by atoms with Crippen LogP contribution in [-0.4, -0.2) is 23.3 Å². The molecule has 0 aliphatic carbocycles. The van der Waals surface area contributed by atoms with Crippen LogP contribution in [0.15, 0.2) is 25.6 Å². The molecule has 0 saturated heterocycles. The summed E-state index contributed by atoms with van der Waals surface area (Å²) in [6.45, 7) is 0. The Morgan fingerprint density at radius 1 is 0.765 bits per heavy atom. The molecule has 106 valence electrons. The predicted octanol–water partition coefficient (Wildman–Crippen LogP) is 6.00. The van der Waals surface area contributed by atoms with Crippen LogP contribution >= 0.6 is 122 Å². The van der Waals surface area contributed by atoms with Gasteiger partial charge in [0.25, 0.3) is 0 Å². The molecule has 1 N–H and O–H groups in total. The number of rotatable bonds is 1. The van der Waals surface area contributed by atoms with Crippen LogP contribution in [0, 0.1) is 0 Å². The van der Waals surface area contributed by atoms with Gasteiger partial charge in [0.15, 0.2) is 0 Å². The topological polar surface area (TPSA) is 12.0 Å². The number of halogens is 9. The summed E-state index contributed by atoms with van der Waals surface area (Å²) < 4.78 is 6.25. The van der Waals surface area contributed by atoms with Crippen molar-refractivity contribution < 1.29 is 0 Å². The Hall–Kier alpha value is 3.02. The standard InChI is InChI=1S/C6H3Br3N.6ClH.Sb/c7-3-1-2-4(10)6(9)5(3)8;;;;;;;/h1-2,10H;6*1H;/q-1;;;;;;;+1. The van der Waals surface area contributed by atoms with E-state index in [9.17, 15) is 0 Å². The van der Waals surface area contributed by atoms with E-state index in [-0.39, 0.29) is 74.4 Å². The maximum atomic E-state index is 3.46. The molecule has 0 fully saturated rings. The van der Waals surface area contributed by atoms with Crippen LogP contribution in [0.2, 0.25) is 0 Å². The SMILES string of the molecule is Brc1ccc([NH][Sb])c(Br)c1Br.Cl.Cl.Cl.Cl.Cl.Cl. The second-order valence-electron chi connectivity index (χ2n) is 1.83. The molecule has 0 spiro atoms. The van der Waals surface area contributed by atoms with E-state index in [2.05, 4.69) is 51.3 Å². The van der Waals surface area contributed by atoms with Crippen LogP contribution in [-0.2, 0) is 0 Å². The number of nitrogens with one attached hydrogen (secondary N) is 1. The minimum Gasteiger partial charge on any atom is -0.147 e. The first kappa shape index (κ1) is 36.8. The maximum Gasteiger partial charge on any atom is -0.147 e. The minimum absolute atomic E-state index is 0. The van der Waals surface area contributed by atoms with Gasteiger partial charge < -0.3 is 0 Å². The molecule has 0 aliphatic heterocycles. The molecule has 1 aromatic rings. The summed E-state index contributed by atoms with van der Waals surface area (Å²) >= 11 is 11.9. The third-order valence-corrected chi connectivity index (χ3v) is 5.22. The van der Waals surface area contributed by atoms with Crippen LogP contribution in [0.5, 0.6) is 0 Å². The first-order valence-corrected chi connectivity index (χ1v) is 6.36. The first-order valence-electron chi connectivity index (χ1n) is 2.70. The normalized spacial score (nSPS) is 6.35. The number of hydrogen-bond donors (Lipinski definition) is 1. The van der Waals surface area contributed by atoms with E-state index in [1.54, 1.807) is 23.3 Å². The zero-order valence-electron chi connectivity index (χ0n) is 7.69. The fraction of sp³-hybridized carbons (Fsp3) is 0. The average molecular weight is 669 g/mol. The Morgan fingerprint density at radius 3 is 1.53 bits per heavy atom. The van der Waals surface area contributed by atoms with E-state index >= 15 is 0 Å². The fourth-order valence-corrected chi connectivity index (χ4v) is 2.99. The molecule has 0 aromatic heterocycles. The van der Waals surface area contributed by atoms with Crippen molar-refractivity contribution in [1.82, 2.24) is 0 Å². The molecule has 1 rings (SSSR count). The van der Waals surface area contributed by atoms with Crippen molar-refractivity contribution in [2.24, 2.45) is 0 Å². The van der Waals surface area contributed by atoms with Crippen molar-refractivity contribution in [3.63, 3.8) is 0 Å². The molecule has 0 bridgehead atoms. The molecule has 1 nitrogen and oxygen atoms in total. The Labute approximate surface area is 177 Å². The van der Waals surface area contributed by atoms with Gasteiger partial charge in [0.2, 0.25) is 0 Å². The molecule has 2 radical (unpaired) electrons. The van der Waals surface area contributed by atoms with E-state index < -0.39 is 0 Å². The van der Waals surface area contributed by atoms with E-state index in [1.807, 2.05) is 12.1 Å². The first-order chi connectivity index (χ1) is 5.16. The third kappa shape index (κ3) is 11.4. The van der Waals surface area contributed by atoms with Gasteiger partial charge in [-0.05, 0) is 0 Å². The van der Waals surface area contributed by atoms with Crippen molar-refractivity contribution in [2.45, 2.75) is 0 Å². The number of hydrogen-bond acceptors (Lipinski definition) is 1. The fourth-order valence-electron chi connectivity index (χ4n) is 0.612. The van der Waals surface area contributed by atoms with Crippen LogP contribution in [0.25, 0.3) is 0 Å². The number of benzene rings is 1. The van der Waals surface area contributed by atoms with Crippen molar-refractivity contribution in [3.8, 4) is 0 Å². The minimum atomic E-state index is 0. The van der Waals surface area contributed by atoms with Crippen molar-refractivity contribution in [3.05, 3.63) is 25.6 Å². The van der Waals surface area contributed by atoms with Gasteiger partial charge in [0, 0.05) is 0 Å². The molecule has 0 amide bonds. The van der Waals surface area contributed by atoms with Crippen molar-refractivity contribution in [1.29, 1.82) is 0 Å². The van der Waals surface area contributed by atoms with E-state index in [1.165, 1.54) is 0 Å². The Kier molecular flexibility index (Phi) is 41.2. The summed E-state index contributed by atoms with van der Waals surface area (Å²) in [5.41, 5.74) is 1.09. The Morgan fingerprint density at radius 2 is 1.18 bits per heavy atom. The Bertz CT molecular complexity index is 293. The van der Waals surface area contributed by atoms with Crippen LogP contribution in [0.4, 0.5) is 5.69 Å². The average Bonchev–Trinajstić information content (AvgIpc) is 2.01. The van der Waals surface area contributed by atoms with Gasteiger partial charge in [-0.15, -0.1) is 74.4 Å². The summed E-state index contributed by atoms with van der Waals surface area (Å²) in [7, 11) is 0. The zero-order valence-corrected chi connectivity index (χ0v) is 19.9. The second-order valence-corrected chi connectivity index (χ2v) is 4.91. The van der Waals surface area contributed by atoms with Crippen LogP contribution in [0.3, 0.4) is 0 Å². The molecule has 0 unspecified atom stereocenters. The van der Waals surface area contributed by atoms with Crippen LogP contribution in [0.1, 0.15) is 0 Å². The quantitative estimate of drug-likeness (QED) is 0.286. The number of anilines is 1. The monoisotopic (exact) mass is 663 g/mol. The van der Waals surface area contributed by atoms with Crippen molar-refractivity contribution in [2.75, 3.05) is 3.48 Å². The molecule has 0 aliphatic rings. The van der Waals surface area contributed by atoms with Gasteiger partial charge in [-0.2, -0.15) is 0 Å². The maximum absolute atomic E-state index is 3.46. The van der Waals surface area contributed by atoms with Gasteiger partial charge in [-0.25, -0.2) is 0 Å². The van der Waals surface area contributed by atoms with E-state index in [0.717, 1.165) is 19.1 Å². The summed E-state index contributed by atoms with van der Waals surface area (Å²) in [6.07, 6.45) is 0. The van der Waals surface area contributed by atoms with Gasteiger partial charge in [0.05, 0.1) is 0 Å². The smallest absolute Gasteiger partial charge is 0.147 e. The molecule has 0 heterocycles. The molecular formula is C6H9Br3Cl6NSb. The molecule has 0 saturated carbocycles. The third-order valence-electron chi connectivity index (χ3n) is 1.16. The summed E-state index contributed by atoms with van der Waals surface area (Å²) in [4.78, 5) is 0. The molecule has 11 heteroatoms. The van der Waals surface area contributed by atoms with Gasteiger partial charge in [-0.3, -0.25) is 0 Å². The molecule has 17 heavy (non-hydrogen) atoms. The molecular weight excluding hydrogens is 660 g/mol. The molecule has 0 atom stereocenters. The zero-order chi connectivity index (χ0) is 8.43. The van der Waals surface area contributed by atoms with Gasteiger partial charge in [-0.1, -0.05) is 0 Å². The summed E-state index contributed by atoms with van der Waals surface area (Å²) in [5, 5.41) is 0. The van der Waals surface area contributed by atoms with Crippen molar-refractivity contribution >= 4 is 151 Å². The van der Waals surface area contributed by atoms with Crippen LogP contribution < -0.4 is 3.48 Å². The van der Waals surface area contributed by atoms with E-state index in [0.29, 0.717) is 0 Å². The second kappa shape index (κ2) is 19.0. The van der Waals surface area contributed by atoms with E-state index in [4.69, 9.17) is 0 Å².